The Morgan fingerprint density at radius 3 is 2.61 bits per heavy atom. The van der Waals surface area contributed by atoms with Crippen molar-refractivity contribution in [2.75, 3.05) is 6.54 Å². The fraction of sp³-hybridized carbons (Fsp3) is 0.238. The van der Waals surface area contributed by atoms with Gasteiger partial charge >= 0.3 is 5.97 Å². The van der Waals surface area contributed by atoms with Gasteiger partial charge in [-0.3, -0.25) is 4.79 Å². The lowest BCUT2D eigenvalue weighted by molar-refractivity contribution is -0.409. The molecule has 0 spiro atoms. The Hall–Kier alpha value is -3.16. The molecule has 0 aliphatic heterocycles. The summed E-state index contributed by atoms with van der Waals surface area (Å²) >= 11 is 0. The largest absolute Gasteiger partial charge is 0.460 e. The summed E-state index contributed by atoms with van der Waals surface area (Å²) in [5.41, 5.74) is 7.64. The molecule has 0 aliphatic carbocycles. The van der Waals surface area contributed by atoms with Crippen molar-refractivity contribution in [3.05, 3.63) is 65.0 Å². The van der Waals surface area contributed by atoms with Crippen LogP contribution >= 0.6 is 0 Å². The molecule has 7 nitrogen and oxygen atoms in total. The number of carbonyl (C=O) groups is 1. The van der Waals surface area contributed by atoms with Crippen molar-refractivity contribution < 1.29 is 30.2 Å². The zero-order valence-electron chi connectivity index (χ0n) is 15.6. The predicted molar refractivity (Wildman–Crippen MR) is 103 cm³/mol. The van der Waals surface area contributed by atoms with Gasteiger partial charge in [0.2, 0.25) is 11.2 Å². The number of hydrogen-bond donors (Lipinski definition) is 2. The monoisotopic (exact) mass is 384 g/mol. The molecule has 0 amide bonds. The normalized spacial score (nSPS) is 11.9. The Morgan fingerprint density at radius 1 is 1.07 bits per heavy atom. The van der Waals surface area contributed by atoms with Crippen LogP contribution in [-0.2, 0) is 4.79 Å². The van der Waals surface area contributed by atoms with Gasteiger partial charge in [0, 0.05) is 12.5 Å². The second-order valence-electron chi connectivity index (χ2n) is 6.47. The lowest BCUT2D eigenvalue weighted by Crippen LogP contribution is -2.66. The Kier molecular flexibility index (Phi) is 6.41. The van der Waals surface area contributed by atoms with E-state index < -0.39 is 12.0 Å². The minimum atomic E-state index is -0.448. The first-order valence-electron chi connectivity index (χ1n) is 9.21. The predicted octanol–water partition coefficient (Wildman–Crippen LogP) is 1.51. The van der Waals surface area contributed by atoms with Crippen LogP contribution in [-0.4, -0.2) is 18.6 Å². The molecule has 0 saturated carbocycles. The fourth-order valence-electron chi connectivity index (χ4n) is 2.73. The highest BCUT2D eigenvalue weighted by atomic mass is 16.5. The Morgan fingerprint density at radius 2 is 1.86 bits per heavy atom. The van der Waals surface area contributed by atoms with Crippen molar-refractivity contribution >= 4 is 16.9 Å². The zero-order valence-corrected chi connectivity index (χ0v) is 15.6. The van der Waals surface area contributed by atoms with Crippen LogP contribution in [0, 0.1) is 0 Å². The third-order valence-corrected chi connectivity index (χ3v) is 4.29. The first-order valence-corrected chi connectivity index (χ1v) is 9.21. The number of carbonyl (C=O) groups excluding carboxylic acids is 1. The first-order chi connectivity index (χ1) is 13.6. The van der Waals surface area contributed by atoms with E-state index in [9.17, 15) is 9.59 Å². The third kappa shape index (κ3) is 4.76. The molecule has 1 unspecified atom stereocenters. The number of esters is 1. The Labute approximate surface area is 161 Å². The van der Waals surface area contributed by atoms with Gasteiger partial charge in [0.25, 0.3) is 0 Å². The quantitative estimate of drug-likeness (QED) is 0.346. The summed E-state index contributed by atoms with van der Waals surface area (Å²) in [4.78, 5) is 24.8. The molecule has 3 aromatic rings. The van der Waals surface area contributed by atoms with Crippen LogP contribution < -0.4 is 26.4 Å². The summed E-state index contributed by atoms with van der Waals surface area (Å²) in [5.74, 6) is 0.532. The molecule has 2 aromatic carbocycles. The molecule has 146 valence electrons. The molecule has 3 rings (SSSR count). The number of unbranched alkanes of at least 4 members (excludes halogenated alkanes) is 1. The van der Waals surface area contributed by atoms with E-state index in [0.29, 0.717) is 28.9 Å². The molecule has 0 aliphatic rings. The van der Waals surface area contributed by atoms with Crippen molar-refractivity contribution in [3.63, 3.8) is 0 Å². The number of quaternary nitrogens is 2. The van der Waals surface area contributed by atoms with Gasteiger partial charge in [0.05, 0.1) is 11.9 Å². The minimum absolute atomic E-state index is 0.0895. The topological polar surface area (TPSA) is 121 Å². The molecule has 0 radical (unpaired) electrons. The second kappa shape index (κ2) is 9.16. The number of para-hydroxylation sites is 1. The molecular formula is C21H24N2O5+2. The summed E-state index contributed by atoms with van der Waals surface area (Å²) in [6.07, 6.45) is 3.74. The van der Waals surface area contributed by atoms with Crippen molar-refractivity contribution in [3.8, 4) is 17.2 Å². The molecule has 1 aromatic heterocycles. The molecular weight excluding hydrogens is 360 g/mol. The van der Waals surface area contributed by atoms with Crippen LogP contribution in [0.4, 0.5) is 0 Å². The van der Waals surface area contributed by atoms with Crippen molar-refractivity contribution in [2.45, 2.75) is 25.3 Å². The smallest absolute Gasteiger partial charge is 0.370 e. The highest BCUT2D eigenvalue weighted by molar-refractivity contribution is 5.81. The molecule has 1 heterocycles. The minimum Gasteiger partial charge on any atom is -0.460 e. The maximum absolute atomic E-state index is 12.6. The second-order valence-corrected chi connectivity index (χ2v) is 6.47. The van der Waals surface area contributed by atoms with Crippen LogP contribution in [0.15, 0.2) is 64.0 Å². The van der Waals surface area contributed by atoms with Gasteiger partial charge in [-0.2, -0.15) is 0 Å². The summed E-state index contributed by atoms with van der Waals surface area (Å²) in [5, 5.41) is 0.342. The van der Waals surface area contributed by atoms with E-state index in [4.69, 9.17) is 13.9 Å². The van der Waals surface area contributed by atoms with Gasteiger partial charge in [0.15, 0.2) is 6.04 Å². The summed E-state index contributed by atoms with van der Waals surface area (Å²) in [6, 6.07) is 13.2. The lowest BCUT2D eigenvalue weighted by atomic mass is 10.1. The fourth-order valence-corrected chi connectivity index (χ4v) is 2.73. The van der Waals surface area contributed by atoms with E-state index in [2.05, 4.69) is 11.5 Å². The van der Waals surface area contributed by atoms with E-state index >= 15 is 0 Å². The summed E-state index contributed by atoms with van der Waals surface area (Å²) in [6.45, 7) is 0.835. The van der Waals surface area contributed by atoms with Gasteiger partial charge < -0.3 is 25.4 Å². The van der Waals surface area contributed by atoms with Crippen molar-refractivity contribution in [1.29, 1.82) is 0 Å². The van der Waals surface area contributed by atoms with E-state index in [0.717, 1.165) is 19.4 Å². The Bertz CT molecular complexity index is 1000. The van der Waals surface area contributed by atoms with Crippen LogP contribution in [0.1, 0.15) is 19.3 Å². The van der Waals surface area contributed by atoms with Gasteiger partial charge in [-0.15, -0.1) is 0 Å². The first kappa shape index (κ1) is 19.6. The summed E-state index contributed by atoms with van der Waals surface area (Å²) < 4.78 is 16.5. The van der Waals surface area contributed by atoms with Gasteiger partial charge in [0.1, 0.15) is 23.3 Å². The lowest BCUT2D eigenvalue weighted by Gasteiger charge is -2.09. The standard InChI is InChI=1S/C21H22N2O5/c22-11-5-4-8-17(23)21(25)28-15-9-10-16-18(12-15)26-13-19(20(16)24)27-14-6-2-1-3-7-14/h1-3,6-7,9-10,12-13,17H,4-5,8,11,22-23H2/p+2. The van der Waals surface area contributed by atoms with Crippen LogP contribution in [0.25, 0.3) is 11.0 Å². The van der Waals surface area contributed by atoms with E-state index in [-0.39, 0.29) is 11.2 Å². The van der Waals surface area contributed by atoms with E-state index in [1.54, 1.807) is 24.3 Å². The number of fused-ring (bicyclic) bond motifs is 1. The Balaban J connectivity index is 1.74. The van der Waals surface area contributed by atoms with Gasteiger partial charge in [-0.05, 0) is 37.1 Å². The SMILES string of the molecule is [NH3+]CCCCC([NH3+])C(=O)Oc1ccc2c(=O)c(Oc3ccccc3)coc2c1. The highest BCUT2D eigenvalue weighted by Gasteiger charge is 2.20. The number of benzene rings is 2. The van der Waals surface area contributed by atoms with Crippen LogP contribution in [0.3, 0.4) is 0 Å². The van der Waals surface area contributed by atoms with E-state index in [1.165, 1.54) is 12.3 Å². The molecule has 0 bridgehead atoms. The molecule has 6 N–H and O–H groups in total. The zero-order chi connectivity index (χ0) is 19.9. The molecule has 1 atom stereocenters. The van der Waals surface area contributed by atoms with Gasteiger partial charge in [-0.25, -0.2) is 4.79 Å². The molecule has 28 heavy (non-hydrogen) atoms. The number of rotatable bonds is 8. The summed E-state index contributed by atoms with van der Waals surface area (Å²) in [7, 11) is 0. The maximum Gasteiger partial charge on any atom is 0.370 e. The van der Waals surface area contributed by atoms with Gasteiger partial charge in [-0.1, -0.05) is 18.2 Å². The van der Waals surface area contributed by atoms with Crippen LogP contribution in [0.2, 0.25) is 0 Å². The van der Waals surface area contributed by atoms with Crippen molar-refractivity contribution in [2.24, 2.45) is 0 Å². The molecule has 0 saturated heterocycles. The average molecular weight is 384 g/mol. The van der Waals surface area contributed by atoms with Crippen LogP contribution in [0.5, 0.6) is 17.2 Å². The highest BCUT2D eigenvalue weighted by Crippen LogP contribution is 2.24. The molecule has 0 fully saturated rings. The number of hydrogen-bond acceptors (Lipinski definition) is 5. The maximum atomic E-state index is 12.6. The van der Waals surface area contributed by atoms with E-state index in [1.807, 2.05) is 18.2 Å². The third-order valence-electron chi connectivity index (χ3n) is 4.29. The average Bonchev–Trinajstić information content (AvgIpc) is 2.71. The van der Waals surface area contributed by atoms with Crippen molar-refractivity contribution in [1.82, 2.24) is 0 Å². The molecule has 7 heteroatoms. The number of ether oxygens (including phenoxy) is 2.